The molecule has 17 heavy (non-hydrogen) atoms. The Kier molecular flexibility index (Phi) is 2.84. The van der Waals surface area contributed by atoms with E-state index in [1.165, 1.54) is 22.5 Å². The number of nitrogens with zero attached hydrogens (tertiary/aromatic N) is 3. The fourth-order valence-electron chi connectivity index (χ4n) is 1.31. The van der Waals surface area contributed by atoms with Gasteiger partial charge in [0.2, 0.25) is 5.16 Å². The molecule has 0 aliphatic rings. The molecular formula is C10H12N4O2S. The Hall–Kier alpha value is -1.89. The van der Waals surface area contributed by atoms with E-state index in [2.05, 4.69) is 10.2 Å². The molecule has 90 valence electrons. The van der Waals surface area contributed by atoms with E-state index in [1.807, 2.05) is 0 Å². The molecule has 0 unspecified atom stereocenters. The van der Waals surface area contributed by atoms with Crippen molar-refractivity contribution >= 4 is 11.8 Å². The van der Waals surface area contributed by atoms with Crippen molar-refractivity contribution in [2.45, 2.75) is 23.9 Å². The monoisotopic (exact) mass is 252 g/mol. The molecule has 1 heterocycles. The van der Waals surface area contributed by atoms with Gasteiger partial charge in [-0.2, -0.15) is 0 Å². The lowest BCUT2D eigenvalue weighted by Crippen LogP contribution is -2.11. The van der Waals surface area contributed by atoms with Crippen molar-refractivity contribution in [3.8, 4) is 11.5 Å². The second-order valence-corrected chi connectivity index (χ2v) is 4.65. The molecule has 0 aliphatic heterocycles. The number of nitrogens with two attached hydrogens (primary N) is 1. The van der Waals surface area contributed by atoms with Crippen molar-refractivity contribution in [2.75, 3.05) is 5.84 Å². The summed E-state index contributed by atoms with van der Waals surface area (Å²) in [6, 6.07) is 3.20. The van der Waals surface area contributed by atoms with Crippen molar-refractivity contribution in [2.24, 2.45) is 0 Å². The predicted molar refractivity (Wildman–Crippen MR) is 63.5 cm³/mol. The maximum absolute atomic E-state index is 9.50. The molecule has 0 bridgehead atoms. The lowest BCUT2D eigenvalue weighted by Gasteiger charge is -2.06. The topological polar surface area (TPSA) is 97.2 Å². The molecule has 1 aromatic carbocycles. The minimum absolute atomic E-state index is 0.111. The number of aromatic nitrogens is 3. The quantitative estimate of drug-likeness (QED) is 0.548. The van der Waals surface area contributed by atoms with Crippen molar-refractivity contribution in [1.82, 2.24) is 14.9 Å². The van der Waals surface area contributed by atoms with Crippen LogP contribution in [-0.4, -0.2) is 25.1 Å². The molecule has 0 saturated carbocycles. The zero-order valence-electron chi connectivity index (χ0n) is 9.38. The summed E-state index contributed by atoms with van der Waals surface area (Å²) in [5, 5.41) is 27.2. The van der Waals surface area contributed by atoms with Gasteiger partial charge < -0.3 is 16.1 Å². The molecule has 4 N–H and O–H groups in total. The Balaban J connectivity index is 2.34. The summed E-state index contributed by atoms with van der Waals surface area (Å²) in [4.78, 5) is 0.733. The SMILES string of the molecule is Cc1cc(Sc2nnc(C)n2N)cc(O)c1O. The molecule has 0 fully saturated rings. The van der Waals surface area contributed by atoms with Crippen molar-refractivity contribution in [3.63, 3.8) is 0 Å². The zero-order chi connectivity index (χ0) is 12.6. The van der Waals surface area contributed by atoms with Crippen LogP contribution in [0.5, 0.6) is 11.5 Å². The second-order valence-electron chi connectivity index (χ2n) is 3.61. The van der Waals surface area contributed by atoms with Gasteiger partial charge in [-0.25, -0.2) is 4.68 Å². The van der Waals surface area contributed by atoms with Gasteiger partial charge in [0.1, 0.15) is 5.82 Å². The number of nitrogen functional groups attached to an aromatic ring is 1. The number of aromatic hydroxyl groups is 2. The Morgan fingerprint density at radius 3 is 2.47 bits per heavy atom. The Bertz CT molecular complexity index is 544. The van der Waals surface area contributed by atoms with Crippen LogP contribution in [0.2, 0.25) is 0 Å². The summed E-state index contributed by atoms with van der Waals surface area (Å²) in [5.74, 6) is 6.05. The number of hydrogen-bond donors (Lipinski definition) is 3. The molecule has 6 nitrogen and oxygen atoms in total. The van der Waals surface area contributed by atoms with Crippen molar-refractivity contribution < 1.29 is 10.2 Å². The molecular weight excluding hydrogens is 240 g/mol. The minimum Gasteiger partial charge on any atom is -0.504 e. The van der Waals surface area contributed by atoms with E-state index in [0.29, 0.717) is 16.5 Å². The molecule has 0 atom stereocenters. The number of phenols is 2. The largest absolute Gasteiger partial charge is 0.504 e. The highest BCUT2D eigenvalue weighted by atomic mass is 32.2. The van der Waals surface area contributed by atoms with Crippen LogP contribution in [0.1, 0.15) is 11.4 Å². The summed E-state index contributed by atoms with van der Waals surface area (Å²) >= 11 is 1.27. The summed E-state index contributed by atoms with van der Waals surface area (Å²) < 4.78 is 1.36. The third-order valence-corrected chi connectivity index (χ3v) is 3.23. The van der Waals surface area contributed by atoms with Crippen LogP contribution in [0.15, 0.2) is 22.2 Å². The zero-order valence-corrected chi connectivity index (χ0v) is 10.2. The molecule has 0 aliphatic carbocycles. The summed E-state index contributed by atoms with van der Waals surface area (Å²) in [7, 11) is 0. The lowest BCUT2D eigenvalue weighted by molar-refractivity contribution is 0.400. The van der Waals surface area contributed by atoms with E-state index >= 15 is 0 Å². The van der Waals surface area contributed by atoms with Crippen LogP contribution in [0.4, 0.5) is 0 Å². The molecule has 0 radical (unpaired) electrons. The summed E-state index contributed by atoms with van der Waals surface area (Å²) in [5.41, 5.74) is 0.590. The first kappa shape index (κ1) is 11.6. The van der Waals surface area contributed by atoms with Crippen LogP contribution in [-0.2, 0) is 0 Å². The number of benzene rings is 1. The first-order chi connectivity index (χ1) is 7.99. The molecule has 2 rings (SSSR count). The first-order valence-corrected chi connectivity index (χ1v) is 5.68. The first-order valence-electron chi connectivity index (χ1n) is 4.86. The van der Waals surface area contributed by atoms with Crippen LogP contribution < -0.4 is 5.84 Å². The number of aryl methyl sites for hydroxylation is 2. The maximum atomic E-state index is 9.50. The molecule has 7 heteroatoms. The third-order valence-electron chi connectivity index (χ3n) is 2.30. The van der Waals surface area contributed by atoms with Gasteiger partial charge in [-0.05, 0) is 43.3 Å². The summed E-state index contributed by atoms with van der Waals surface area (Å²) in [6.45, 7) is 3.45. The highest BCUT2D eigenvalue weighted by Crippen LogP contribution is 2.35. The van der Waals surface area contributed by atoms with E-state index in [1.54, 1.807) is 19.9 Å². The fourth-order valence-corrected chi connectivity index (χ4v) is 2.24. The normalized spacial score (nSPS) is 10.7. The van der Waals surface area contributed by atoms with Gasteiger partial charge in [-0.1, -0.05) is 0 Å². The predicted octanol–water partition coefficient (Wildman–Crippen LogP) is 1.17. The van der Waals surface area contributed by atoms with Crippen LogP contribution in [0.3, 0.4) is 0 Å². The van der Waals surface area contributed by atoms with Gasteiger partial charge in [-0.15, -0.1) is 10.2 Å². The second kappa shape index (κ2) is 4.17. The van der Waals surface area contributed by atoms with E-state index in [4.69, 9.17) is 5.84 Å². The van der Waals surface area contributed by atoms with E-state index in [0.717, 1.165) is 4.90 Å². The van der Waals surface area contributed by atoms with Crippen LogP contribution >= 0.6 is 11.8 Å². The Morgan fingerprint density at radius 2 is 1.94 bits per heavy atom. The minimum atomic E-state index is -0.160. The Labute approximate surface area is 102 Å². The summed E-state index contributed by atoms with van der Waals surface area (Å²) in [6.07, 6.45) is 0. The van der Waals surface area contributed by atoms with Crippen molar-refractivity contribution in [3.05, 3.63) is 23.5 Å². The number of phenolic OH excluding ortho intramolecular Hbond substituents is 2. The maximum Gasteiger partial charge on any atom is 0.214 e. The molecule has 0 spiro atoms. The number of hydrogen-bond acceptors (Lipinski definition) is 6. The van der Waals surface area contributed by atoms with Crippen LogP contribution in [0, 0.1) is 13.8 Å². The fraction of sp³-hybridized carbons (Fsp3) is 0.200. The highest BCUT2D eigenvalue weighted by molar-refractivity contribution is 7.99. The molecule has 2 aromatic rings. The van der Waals surface area contributed by atoms with Gasteiger partial charge in [0.05, 0.1) is 0 Å². The van der Waals surface area contributed by atoms with Crippen molar-refractivity contribution in [1.29, 1.82) is 0 Å². The van der Waals surface area contributed by atoms with Gasteiger partial charge >= 0.3 is 0 Å². The average Bonchev–Trinajstić information content (AvgIpc) is 2.58. The highest BCUT2D eigenvalue weighted by Gasteiger charge is 2.11. The van der Waals surface area contributed by atoms with Gasteiger partial charge in [0.25, 0.3) is 0 Å². The molecule has 1 aromatic heterocycles. The van der Waals surface area contributed by atoms with Gasteiger partial charge in [0, 0.05) is 4.90 Å². The van der Waals surface area contributed by atoms with E-state index < -0.39 is 0 Å². The number of rotatable bonds is 2. The molecule has 0 amide bonds. The standard InChI is InChI=1S/C10H12N4O2S/c1-5-3-7(4-8(15)9(5)16)17-10-13-12-6(2)14(10)11/h3-4,15-16H,11H2,1-2H3. The molecule has 0 saturated heterocycles. The average molecular weight is 252 g/mol. The van der Waals surface area contributed by atoms with E-state index in [-0.39, 0.29) is 11.5 Å². The Morgan fingerprint density at radius 1 is 1.24 bits per heavy atom. The van der Waals surface area contributed by atoms with Gasteiger partial charge in [0.15, 0.2) is 11.5 Å². The van der Waals surface area contributed by atoms with Crippen LogP contribution in [0.25, 0.3) is 0 Å². The smallest absolute Gasteiger partial charge is 0.214 e. The van der Waals surface area contributed by atoms with Gasteiger partial charge in [-0.3, -0.25) is 0 Å². The van der Waals surface area contributed by atoms with E-state index in [9.17, 15) is 10.2 Å². The lowest BCUT2D eigenvalue weighted by atomic mass is 10.2. The third kappa shape index (κ3) is 2.14.